The van der Waals surface area contributed by atoms with Crippen LogP contribution in [0.4, 0.5) is 0 Å². The van der Waals surface area contributed by atoms with Crippen LogP contribution < -0.4 is 5.32 Å². The third-order valence-electron chi connectivity index (χ3n) is 0.787. The molecule has 0 unspecified atom stereocenters. The van der Waals surface area contributed by atoms with Crippen LogP contribution in [0.1, 0.15) is 0 Å². The molecule has 0 fully saturated rings. The van der Waals surface area contributed by atoms with Gasteiger partial charge in [-0.05, 0) is 7.05 Å². The fourth-order valence-electron chi connectivity index (χ4n) is 0.476. The number of nitrogens with one attached hydrogen (secondary N) is 1. The van der Waals surface area contributed by atoms with Gasteiger partial charge in [-0.3, -0.25) is 0 Å². The average Bonchev–Trinajstić information content (AvgIpc) is 2.19. The van der Waals surface area contributed by atoms with Gasteiger partial charge in [-0.25, -0.2) is 9.67 Å². The first-order chi connectivity index (χ1) is 3.93. The summed E-state index contributed by atoms with van der Waals surface area (Å²) in [5.74, 6) is 0. The molecule has 0 aliphatic rings. The van der Waals surface area contributed by atoms with Crippen molar-refractivity contribution >= 4 is 0 Å². The van der Waals surface area contributed by atoms with E-state index in [4.69, 9.17) is 0 Å². The second kappa shape index (κ2) is 2.42. The second-order valence-electron chi connectivity index (χ2n) is 1.45. The summed E-state index contributed by atoms with van der Waals surface area (Å²) in [6.45, 7) is 0.722. The first kappa shape index (κ1) is 5.24. The van der Waals surface area contributed by atoms with Crippen LogP contribution in [0.25, 0.3) is 0 Å². The van der Waals surface area contributed by atoms with Gasteiger partial charge in [-0.15, -0.1) is 0 Å². The van der Waals surface area contributed by atoms with E-state index in [9.17, 15) is 0 Å². The molecule has 8 heavy (non-hydrogen) atoms. The normalized spacial score (nSPS) is 9.62. The lowest BCUT2D eigenvalue weighted by molar-refractivity contribution is 0.554. The van der Waals surface area contributed by atoms with Gasteiger partial charge < -0.3 is 5.32 Å². The smallest absolute Gasteiger partial charge is 0.137 e. The van der Waals surface area contributed by atoms with Gasteiger partial charge in [0.15, 0.2) is 0 Å². The molecule has 0 aromatic carbocycles. The van der Waals surface area contributed by atoms with Gasteiger partial charge in [0.2, 0.25) is 0 Å². The van der Waals surface area contributed by atoms with Gasteiger partial charge in [-0.1, -0.05) is 0 Å². The Morgan fingerprint density at radius 2 is 2.62 bits per heavy atom. The third kappa shape index (κ3) is 1.04. The number of nitrogens with zero attached hydrogens (tertiary/aromatic N) is 3. The summed E-state index contributed by atoms with van der Waals surface area (Å²) < 4.78 is 1.71. The lowest BCUT2D eigenvalue weighted by atomic mass is 11.0. The Labute approximate surface area is 47.5 Å². The van der Waals surface area contributed by atoms with Gasteiger partial charge in [0.25, 0.3) is 0 Å². The van der Waals surface area contributed by atoms with E-state index < -0.39 is 0 Å². The maximum Gasteiger partial charge on any atom is 0.137 e. The minimum Gasteiger partial charge on any atom is -0.301 e. The topological polar surface area (TPSA) is 42.7 Å². The molecule has 0 saturated carbocycles. The van der Waals surface area contributed by atoms with Crippen LogP contribution in [-0.2, 0) is 6.67 Å². The Morgan fingerprint density at radius 3 is 3.12 bits per heavy atom. The first-order valence-corrected chi connectivity index (χ1v) is 2.40. The molecule has 44 valence electrons. The summed E-state index contributed by atoms with van der Waals surface area (Å²) in [4.78, 5) is 3.75. The summed E-state index contributed by atoms with van der Waals surface area (Å²) in [6.07, 6.45) is 3.17. The van der Waals surface area contributed by atoms with E-state index in [1.807, 2.05) is 7.05 Å². The van der Waals surface area contributed by atoms with Gasteiger partial charge in [0.05, 0.1) is 6.67 Å². The molecule has 1 N–H and O–H groups in total. The maximum absolute atomic E-state index is 3.85. The molecule has 0 saturated heterocycles. The molecule has 0 spiro atoms. The molecular formula is C4H8N4. The van der Waals surface area contributed by atoms with Crippen molar-refractivity contribution < 1.29 is 0 Å². The first-order valence-electron chi connectivity index (χ1n) is 2.40. The van der Waals surface area contributed by atoms with Crippen LogP contribution in [0.15, 0.2) is 12.7 Å². The van der Waals surface area contributed by atoms with Gasteiger partial charge >= 0.3 is 0 Å². The van der Waals surface area contributed by atoms with Crippen LogP contribution in [-0.4, -0.2) is 21.8 Å². The summed E-state index contributed by atoms with van der Waals surface area (Å²) in [7, 11) is 1.86. The molecule has 1 heterocycles. The predicted molar refractivity (Wildman–Crippen MR) is 29.1 cm³/mol. The Kier molecular flexibility index (Phi) is 1.58. The monoisotopic (exact) mass is 112 g/mol. The summed E-state index contributed by atoms with van der Waals surface area (Å²) >= 11 is 0. The molecule has 4 nitrogen and oxygen atoms in total. The van der Waals surface area contributed by atoms with Crippen LogP contribution in [0.5, 0.6) is 0 Å². The lowest BCUT2D eigenvalue weighted by Gasteiger charge is -1.93. The van der Waals surface area contributed by atoms with E-state index in [0.717, 1.165) is 6.67 Å². The average molecular weight is 112 g/mol. The number of rotatable bonds is 2. The summed E-state index contributed by atoms with van der Waals surface area (Å²) in [6, 6.07) is 0. The second-order valence-corrected chi connectivity index (χ2v) is 1.45. The van der Waals surface area contributed by atoms with E-state index in [2.05, 4.69) is 15.4 Å². The molecule has 0 aliphatic carbocycles. The predicted octanol–water partition coefficient (Wildman–Crippen LogP) is -0.545. The van der Waals surface area contributed by atoms with Crippen LogP contribution in [0.3, 0.4) is 0 Å². The van der Waals surface area contributed by atoms with Gasteiger partial charge in [-0.2, -0.15) is 5.10 Å². The molecule has 0 amide bonds. The zero-order valence-corrected chi connectivity index (χ0v) is 4.70. The molecule has 0 radical (unpaired) electrons. The fraction of sp³-hybridized carbons (Fsp3) is 0.500. The summed E-state index contributed by atoms with van der Waals surface area (Å²) in [5, 5.41) is 6.78. The highest BCUT2D eigenvalue weighted by Crippen LogP contribution is 1.72. The Hall–Kier alpha value is -0.900. The largest absolute Gasteiger partial charge is 0.301 e. The van der Waals surface area contributed by atoms with Crippen molar-refractivity contribution in [1.29, 1.82) is 0 Å². The molecule has 1 aromatic rings. The van der Waals surface area contributed by atoms with E-state index in [1.54, 1.807) is 11.0 Å². The van der Waals surface area contributed by atoms with Crippen molar-refractivity contribution in [2.24, 2.45) is 0 Å². The zero-order valence-electron chi connectivity index (χ0n) is 4.70. The fourth-order valence-corrected chi connectivity index (χ4v) is 0.476. The van der Waals surface area contributed by atoms with Crippen LogP contribution in [0.2, 0.25) is 0 Å². The van der Waals surface area contributed by atoms with E-state index in [1.165, 1.54) is 6.33 Å². The van der Waals surface area contributed by atoms with Crippen molar-refractivity contribution in [3.8, 4) is 0 Å². The molecule has 1 aromatic heterocycles. The highest BCUT2D eigenvalue weighted by molar-refractivity contribution is 4.53. The van der Waals surface area contributed by atoms with Gasteiger partial charge in [0.1, 0.15) is 12.7 Å². The SMILES string of the molecule is CNCn1cncn1. The number of hydrogen-bond acceptors (Lipinski definition) is 3. The quantitative estimate of drug-likeness (QED) is 0.558. The zero-order chi connectivity index (χ0) is 5.82. The van der Waals surface area contributed by atoms with E-state index >= 15 is 0 Å². The molecule has 0 bridgehead atoms. The van der Waals surface area contributed by atoms with Gasteiger partial charge in [0, 0.05) is 0 Å². The van der Waals surface area contributed by atoms with Crippen molar-refractivity contribution in [1.82, 2.24) is 20.1 Å². The Morgan fingerprint density at radius 1 is 1.75 bits per heavy atom. The Balaban J connectivity index is 2.50. The minimum atomic E-state index is 0.722. The number of aromatic nitrogens is 3. The van der Waals surface area contributed by atoms with Crippen molar-refractivity contribution in [2.75, 3.05) is 7.05 Å². The highest BCUT2D eigenvalue weighted by Gasteiger charge is 1.82. The van der Waals surface area contributed by atoms with Crippen molar-refractivity contribution in [3.05, 3.63) is 12.7 Å². The number of hydrogen-bond donors (Lipinski definition) is 1. The minimum absolute atomic E-state index is 0.722. The van der Waals surface area contributed by atoms with Crippen molar-refractivity contribution in [2.45, 2.75) is 6.67 Å². The van der Waals surface area contributed by atoms with Crippen LogP contribution in [0, 0.1) is 0 Å². The highest BCUT2D eigenvalue weighted by atomic mass is 15.3. The molecule has 1 rings (SSSR count). The summed E-state index contributed by atoms with van der Waals surface area (Å²) in [5.41, 5.74) is 0. The molecule has 0 aliphatic heterocycles. The standard InChI is InChI=1S/C4H8N4/c1-5-3-8-4-6-2-7-8/h2,4-5H,3H2,1H3. The maximum atomic E-state index is 3.85. The van der Waals surface area contributed by atoms with E-state index in [0.29, 0.717) is 0 Å². The van der Waals surface area contributed by atoms with Crippen molar-refractivity contribution in [3.63, 3.8) is 0 Å². The molecule has 0 atom stereocenters. The van der Waals surface area contributed by atoms with Crippen LogP contribution >= 0.6 is 0 Å². The molecule has 4 heteroatoms. The third-order valence-corrected chi connectivity index (χ3v) is 0.787. The van der Waals surface area contributed by atoms with E-state index in [-0.39, 0.29) is 0 Å². The Bertz CT molecular complexity index is 134. The molecular weight excluding hydrogens is 104 g/mol. The lowest BCUT2D eigenvalue weighted by Crippen LogP contribution is -2.12.